The zero-order valence-electron chi connectivity index (χ0n) is 27.9. The number of anilines is 1. The molecule has 46 heavy (non-hydrogen) atoms. The van der Waals surface area contributed by atoms with Crippen LogP contribution in [0.1, 0.15) is 81.3 Å². The minimum atomic E-state index is -4.10. The molecule has 1 spiro atoms. The maximum atomic E-state index is 14.5. The van der Waals surface area contributed by atoms with Crippen molar-refractivity contribution in [3.05, 3.63) is 65.2 Å². The molecule has 2 aliphatic heterocycles. The third kappa shape index (κ3) is 6.51. The van der Waals surface area contributed by atoms with Crippen LogP contribution in [0.25, 0.3) is 11.3 Å². The summed E-state index contributed by atoms with van der Waals surface area (Å²) in [5.74, 6) is 0.349. The number of aromatic nitrogens is 2. The second-order valence-electron chi connectivity index (χ2n) is 14.3. The van der Waals surface area contributed by atoms with Crippen molar-refractivity contribution in [2.24, 2.45) is 11.3 Å². The Hall–Kier alpha value is -3.50. The van der Waals surface area contributed by atoms with Gasteiger partial charge in [-0.25, -0.2) is 18.1 Å². The zero-order valence-corrected chi connectivity index (χ0v) is 28.7. The predicted molar refractivity (Wildman–Crippen MR) is 180 cm³/mol. The van der Waals surface area contributed by atoms with E-state index in [2.05, 4.69) is 47.3 Å². The lowest BCUT2D eigenvalue weighted by Gasteiger charge is -2.57. The molecule has 3 aliphatic rings. The first kappa shape index (κ1) is 32.4. The largest absolute Gasteiger partial charge is 0.475 e. The van der Waals surface area contributed by atoms with E-state index < -0.39 is 10.0 Å². The molecule has 0 unspecified atom stereocenters. The smallest absolute Gasteiger partial charge is 0.264 e. The third-order valence-electron chi connectivity index (χ3n) is 10.2. The third-order valence-corrected chi connectivity index (χ3v) is 11.5. The minimum absolute atomic E-state index is 0.00682. The number of benzene rings is 2. The van der Waals surface area contributed by atoms with Crippen LogP contribution in [0.3, 0.4) is 0 Å². The van der Waals surface area contributed by atoms with Gasteiger partial charge in [0.05, 0.1) is 16.6 Å². The molecule has 1 saturated heterocycles. The molecule has 3 heterocycles. The predicted octanol–water partition coefficient (Wildman–Crippen LogP) is 6.46. The highest BCUT2D eigenvalue weighted by atomic mass is 32.2. The van der Waals surface area contributed by atoms with Crippen molar-refractivity contribution in [3.63, 3.8) is 0 Å². The summed E-state index contributed by atoms with van der Waals surface area (Å²) in [6.45, 7) is 15.2. The second kappa shape index (κ2) is 12.6. The van der Waals surface area contributed by atoms with Crippen LogP contribution < -0.4 is 9.46 Å². The van der Waals surface area contributed by atoms with Crippen molar-refractivity contribution >= 4 is 21.9 Å². The Bertz CT molecular complexity index is 1690. The Morgan fingerprint density at radius 3 is 2.30 bits per heavy atom. The van der Waals surface area contributed by atoms with E-state index in [1.54, 1.807) is 18.2 Å². The number of sulfonamides is 1. The zero-order chi connectivity index (χ0) is 32.8. The summed E-state index contributed by atoms with van der Waals surface area (Å²) in [5.41, 5.74) is 4.10. The highest BCUT2D eigenvalue weighted by Gasteiger charge is 2.50. The summed E-state index contributed by atoms with van der Waals surface area (Å²) in [6, 6.07) is 14.5. The SMILES string of the molecule is Cc1cccc(C)c1-c1cc2nc(n1)NS(=O)(=O)c1cccc(c1)C(=O)N(C1CC3(CCN(C(C)C)CC3)C1)[C@H](CC(C)C)CO2. The van der Waals surface area contributed by atoms with E-state index in [0.717, 1.165) is 61.9 Å². The fourth-order valence-electron chi connectivity index (χ4n) is 7.69. The monoisotopic (exact) mass is 645 g/mol. The molecule has 1 saturated carbocycles. The lowest BCUT2D eigenvalue weighted by molar-refractivity contribution is -0.0562. The van der Waals surface area contributed by atoms with E-state index in [0.29, 0.717) is 23.2 Å². The molecular weight excluding hydrogens is 598 g/mol. The molecule has 10 heteroatoms. The van der Waals surface area contributed by atoms with Crippen molar-refractivity contribution in [1.82, 2.24) is 19.8 Å². The molecule has 0 radical (unpaired) electrons. The standard InChI is InChI=1S/C36H47N5O4S/c1-23(2)17-28-22-45-32-19-31(33-25(5)9-7-10-26(33)6)37-35(38-32)39-46(43,44)30-12-8-11-27(18-30)34(42)41(28)29-20-36(21-29)13-15-40(16-14-36)24(3)4/h7-12,18-19,23-24,28-29H,13-17,20-22H2,1-6H3,(H,37,38,39)/t28-/m1/s1. The van der Waals surface area contributed by atoms with Gasteiger partial charge in [0.15, 0.2) is 0 Å². The van der Waals surface area contributed by atoms with Gasteiger partial charge in [0.1, 0.15) is 6.61 Å². The first-order valence-electron chi connectivity index (χ1n) is 16.6. The fraction of sp³-hybridized carbons (Fsp3) is 0.528. The van der Waals surface area contributed by atoms with Crippen molar-refractivity contribution in [2.75, 3.05) is 24.4 Å². The van der Waals surface area contributed by atoms with Crippen LogP contribution in [0.5, 0.6) is 5.88 Å². The van der Waals surface area contributed by atoms with Gasteiger partial charge < -0.3 is 14.5 Å². The summed E-state index contributed by atoms with van der Waals surface area (Å²) in [6.07, 6.45) is 4.92. The maximum Gasteiger partial charge on any atom is 0.264 e. The van der Waals surface area contributed by atoms with E-state index >= 15 is 0 Å². The summed E-state index contributed by atoms with van der Waals surface area (Å²) < 4.78 is 36.3. The number of likely N-dealkylation sites (tertiary alicyclic amines) is 1. The molecular formula is C36H47N5O4S. The average Bonchev–Trinajstić information content (AvgIpc) is 2.98. The van der Waals surface area contributed by atoms with Gasteiger partial charge in [-0.1, -0.05) is 38.1 Å². The normalized spacial score (nSPS) is 21.6. The van der Waals surface area contributed by atoms with Gasteiger partial charge in [0.2, 0.25) is 11.8 Å². The van der Waals surface area contributed by atoms with Crippen LogP contribution >= 0.6 is 0 Å². The van der Waals surface area contributed by atoms with Crippen LogP contribution in [-0.4, -0.2) is 71.9 Å². The van der Waals surface area contributed by atoms with E-state index in [9.17, 15) is 13.2 Å². The van der Waals surface area contributed by atoms with Crippen LogP contribution in [0.4, 0.5) is 5.95 Å². The summed E-state index contributed by atoms with van der Waals surface area (Å²) in [4.78, 5) is 28.2. The number of amides is 1. The van der Waals surface area contributed by atoms with Crippen LogP contribution in [0.2, 0.25) is 0 Å². The molecule has 2 aromatic carbocycles. The van der Waals surface area contributed by atoms with Gasteiger partial charge in [0, 0.05) is 29.3 Å². The summed E-state index contributed by atoms with van der Waals surface area (Å²) in [7, 11) is -4.10. The number of rotatable bonds is 5. The lowest BCUT2D eigenvalue weighted by Crippen LogP contribution is -2.60. The first-order valence-corrected chi connectivity index (χ1v) is 18.1. The number of ether oxygens (including phenoxy) is 1. The Labute approximate surface area is 273 Å². The number of fused-ring (bicyclic) bond motifs is 4. The molecule has 9 nitrogen and oxygen atoms in total. The number of hydrogen-bond donors (Lipinski definition) is 1. The molecule has 1 N–H and O–H groups in total. The van der Waals surface area contributed by atoms with Gasteiger partial charge >= 0.3 is 0 Å². The minimum Gasteiger partial charge on any atom is -0.475 e. The van der Waals surface area contributed by atoms with E-state index in [1.165, 1.54) is 12.1 Å². The number of carbonyl (C=O) groups is 1. The fourth-order valence-corrected chi connectivity index (χ4v) is 8.68. The molecule has 3 aromatic rings. The van der Waals surface area contributed by atoms with Gasteiger partial charge in [0.25, 0.3) is 15.9 Å². The van der Waals surface area contributed by atoms with Crippen LogP contribution in [0.15, 0.2) is 53.4 Å². The molecule has 1 aromatic heterocycles. The van der Waals surface area contributed by atoms with E-state index in [-0.39, 0.29) is 46.7 Å². The lowest BCUT2D eigenvalue weighted by atomic mass is 9.59. The van der Waals surface area contributed by atoms with Crippen molar-refractivity contribution in [1.29, 1.82) is 0 Å². The molecule has 2 fully saturated rings. The Kier molecular flexibility index (Phi) is 8.89. The summed E-state index contributed by atoms with van der Waals surface area (Å²) in [5, 5.41) is 0. The quantitative estimate of drug-likeness (QED) is 0.340. The second-order valence-corrected chi connectivity index (χ2v) is 16.0. The van der Waals surface area contributed by atoms with E-state index in [4.69, 9.17) is 4.74 Å². The molecule has 1 aliphatic carbocycles. The number of nitrogens with one attached hydrogen (secondary N) is 1. The number of hydrogen-bond acceptors (Lipinski definition) is 7. The van der Waals surface area contributed by atoms with Gasteiger partial charge in [-0.2, -0.15) is 4.98 Å². The first-order chi connectivity index (χ1) is 21.8. The molecule has 1 amide bonds. The summed E-state index contributed by atoms with van der Waals surface area (Å²) >= 11 is 0. The average molecular weight is 646 g/mol. The number of piperidine rings is 1. The highest BCUT2D eigenvalue weighted by molar-refractivity contribution is 7.92. The maximum absolute atomic E-state index is 14.5. The number of nitrogens with zero attached hydrogens (tertiary/aromatic N) is 4. The Morgan fingerprint density at radius 1 is 0.978 bits per heavy atom. The topological polar surface area (TPSA) is 105 Å². The highest BCUT2D eigenvalue weighted by Crippen LogP contribution is 2.52. The van der Waals surface area contributed by atoms with Gasteiger partial charge in [-0.05, 0) is 114 Å². The molecule has 246 valence electrons. The number of carbonyl (C=O) groups excluding carboxylic acids is 1. The Balaban J connectivity index is 1.40. The number of aryl methyl sites for hydroxylation is 2. The van der Waals surface area contributed by atoms with Crippen molar-refractivity contribution in [3.8, 4) is 17.1 Å². The van der Waals surface area contributed by atoms with E-state index in [1.807, 2.05) is 36.9 Å². The van der Waals surface area contributed by atoms with Crippen molar-refractivity contribution in [2.45, 2.75) is 96.7 Å². The van der Waals surface area contributed by atoms with Crippen molar-refractivity contribution < 1.29 is 17.9 Å². The molecule has 4 bridgehead atoms. The Morgan fingerprint density at radius 2 is 1.65 bits per heavy atom. The molecule has 6 rings (SSSR count). The van der Waals surface area contributed by atoms with Gasteiger partial charge in [-0.15, -0.1) is 0 Å². The van der Waals surface area contributed by atoms with Crippen LogP contribution in [-0.2, 0) is 10.0 Å². The van der Waals surface area contributed by atoms with Gasteiger partial charge in [-0.3, -0.25) is 4.79 Å². The van der Waals surface area contributed by atoms with Crippen LogP contribution in [0, 0.1) is 25.2 Å². The molecule has 1 atom stereocenters.